The van der Waals surface area contributed by atoms with Gasteiger partial charge in [0.05, 0.1) is 11.2 Å². The van der Waals surface area contributed by atoms with E-state index in [0.717, 1.165) is 18.7 Å². The van der Waals surface area contributed by atoms with Crippen molar-refractivity contribution in [2.75, 3.05) is 25.0 Å². The number of aliphatic hydroxyl groups is 1. The Hall–Kier alpha value is -1.59. The molecule has 1 aromatic rings. The Bertz CT molecular complexity index is 500. The molecule has 1 aliphatic rings. The van der Waals surface area contributed by atoms with Gasteiger partial charge in [0.1, 0.15) is 5.60 Å². The van der Waals surface area contributed by atoms with Gasteiger partial charge in [0.25, 0.3) is 0 Å². The van der Waals surface area contributed by atoms with Gasteiger partial charge in [0, 0.05) is 18.8 Å². The maximum Gasteiger partial charge on any atom is 0.338 e. The SMILES string of the molecule is CC(C)(C)OC(=O)c1ccc(NCCC2(O)CCNC2)cc1. The Morgan fingerprint density at radius 3 is 2.59 bits per heavy atom. The van der Waals surface area contributed by atoms with Crippen molar-refractivity contribution in [1.82, 2.24) is 5.32 Å². The van der Waals surface area contributed by atoms with E-state index >= 15 is 0 Å². The van der Waals surface area contributed by atoms with Crippen LogP contribution >= 0.6 is 0 Å². The summed E-state index contributed by atoms with van der Waals surface area (Å²) in [7, 11) is 0. The summed E-state index contributed by atoms with van der Waals surface area (Å²) in [5.74, 6) is -0.314. The predicted molar refractivity (Wildman–Crippen MR) is 87.2 cm³/mol. The van der Waals surface area contributed by atoms with Crippen molar-refractivity contribution in [2.24, 2.45) is 0 Å². The molecule has 1 aromatic carbocycles. The molecule has 0 aromatic heterocycles. The van der Waals surface area contributed by atoms with Crippen molar-refractivity contribution in [1.29, 1.82) is 0 Å². The first kappa shape index (κ1) is 16.8. The second kappa shape index (κ2) is 6.67. The minimum absolute atomic E-state index is 0.314. The molecule has 1 fully saturated rings. The van der Waals surface area contributed by atoms with Gasteiger partial charge in [-0.15, -0.1) is 0 Å². The molecule has 0 amide bonds. The van der Waals surface area contributed by atoms with Crippen LogP contribution in [-0.2, 0) is 4.74 Å². The number of nitrogens with one attached hydrogen (secondary N) is 2. The molecule has 0 saturated carbocycles. The number of hydrogen-bond donors (Lipinski definition) is 3. The minimum Gasteiger partial charge on any atom is -0.456 e. The van der Waals surface area contributed by atoms with E-state index < -0.39 is 11.2 Å². The maximum absolute atomic E-state index is 11.9. The van der Waals surface area contributed by atoms with Gasteiger partial charge in [-0.2, -0.15) is 0 Å². The van der Waals surface area contributed by atoms with E-state index in [9.17, 15) is 9.90 Å². The smallest absolute Gasteiger partial charge is 0.338 e. The number of anilines is 1. The number of rotatable bonds is 5. The van der Waals surface area contributed by atoms with Gasteiger partial charge in [-0.1, -0.05) is 0 Å². The van der Waals surface area contributed by atoms with Crippen molar-refractivity contribution in [3.63, 3.8) is 0 Å². The molecule has 1 aliphatic heterocycles. The summed E-state index contributed by atoms with van der Waals surface area (Å²) in [5, 5.41) is 16.7. The highest BCUT2D eigenvalue weighted by Gasteiger charge is 2.30. The van der Waals surface area contributed by atoms with E-state index in [1.165, 1.54) is 0 Å². The molecule has 0 aliphatic carbocycles. The van der Waals surface area contributed by atoms with Crippen LogP contribution in [0, 0.1) is 0 Å². The molecule has 0 spiro atoms. The summed E-state index contributed by atoms with van der Waals surface area (Å²) in [6.07, 6.45) is 1.50. The lowest BCUT2D eigenvalue weighted by atomic mass is 9.99. The molecule has 1 saturated heterocycles. The normalized spacial score (nSPS) is 21.6. The van der Waals surface area contributed by atoms with Gasteiger partial charge in [-0.05, 0) is 64.4 Å². The Balaban J connectivity index is 1.83. The number of carbonyl (C=O) groups is 1. The zero-order valence-electron chi connectivity index (χ0n) is 13.6. The summed E-state index contributed by atoms with van der Waals surface area (Å²) in [6, 6.07) is 7.22. The Morgan fingerprint density at radius 2 is 2.05 bits per heavy atom. The first-order chi connectivity index (χ1) is 10.3. The summed E-state index contributed by atoms with van der Waals surface area (Å²) in [6.45, 7) is 7.79. The highest BCUT2D eigenvalue weighted by Crippen LogP contribution is 2.19. The van der Waals surface area contributed by atoms with E-state index in [-0.39, 0.29) is 5.97 Å². The molecular formula is C17H26N2O3. The third kappa shape index (κ3) is 5.00. The standard InChI is InChI=1S/C17H26N2O3/c1-16(2,3)22-15(20)13-4-6-14(7-5-13)19-11-9-17(21)8-10-18-12-17/h4-7,18-19,21H,8-12H2,1-3H3. The predicted octanol–water partition coefficient (Wildman–Crippen LogP) is 2.17. The van der Waals surface area contributed by atoms with Crippen molar-refractivity contribution in [2.45, 2.75) is 44.8 Å². The molecule has 22 heavy (non-hydrogen) atoms. The molecular weight excluding hydrogens is 280 g/mol. The van der Waals surface area contributed by atoms with E-state index in [0.29, 0.717) is 25.1 Å². The number of carbonyl (C=O) groups excluding carboxylic acids is 1. The van der Waals surface area contributed by atoms with Crippen molar-refractivity contribution in [3.8, 4) is 0 Å². The lowest BCUT2D eigenvalue weighted by Gasteiger charge is -2.21. The molecule has 2 rings (SSSR count). The molecule has 0 bridgehead atoms. The lowest BCUT2D eigenvalue weighted by molar-refractivity contribution is 0.00695. The van der Waals surface area contributed by atoms with Crippen molar-refractivity contribution in [3.05, 3.63) is 29.8 Å². The third-order valence-electron chi connectivity index (χ3n) is 3.66. The fraction of sp³-hybridized carbons (Fsp3) is 0.588. The average molecular weight is 306 g/mol. The number of benzene rings is 1. The molecule has 5 heteroatoms. The molecule has 1 unspecified atom stereocenters. The van der Waals surface area contributed by atoms with Crippen LogP contribution in [0.5, 0.6) is 0 Å². The highest BCUT2D eigenvalue weighted by atomic mass is 16.6. The van der Waals surface area contributed by atoms with Gasteiger partial charge >= 0.3 is 5.97 Å². The fourth-order valence-electron chi connectivity index (χ4n) is 2.44. The minimum atomic E-state index is -0.594. The van der Waals surface area contributed by atoms with Crippen molar-refractivity contribution < 1.29 is 14.6 Å². The van der Waals surface area contributed by atoms with E-state index in [1.54, 1.807) is 12.1 Å². The van der Waals surface area contributed by atoms with Crippen LogP contribution in [0.1, 0.15) is 44.0 Å². The zero-order chi connectivity index (χ0) is 16.2. The lowest BCUT2D eigenvalue weighted by Crippen LogP contribution is -2.33. The number of esters is 1. The topological polar surface area (TPSA) is 70.6 Å². The molecule has 0 radical (unpaired) electrons. The maximum atomic E-state index is 11.9. The summed E-state index contributed by atoms with van der Waals surface area (Å²) in [5.41, 5.74) is 0.392. The van der Waals surface area contributed by atoms with E-state index in [1.807, 2.05) is 32.9 Å². The van der Waals surface area contributed by atoms with Crippen LogP contribution < -0.4 is 10.6 Å². The third-order valence-corrected chi connectivity index (χ3v) is 3.66. The quantitative estimate of drug-likeness (QED) is 0.727. The molecule has 5 nitrogen and oxygen atoms in total. The molecule has 3 N–H and O–H groups in total. The van der Waals surface area contributed by atoms with Gasteiger partial charge in [0.15, 0.2) is 0 Å². The Labute approximate surface area is 132 Å². The average Bonchev–Trinajstić information content (AvgIpc) is 2.84. The van der Waals surface area contributed by atoms with Crippen LogP contribution in [0.15, 0.2) is 24.3 Å². The summed E-state index contributed by atoms with van der Waals surface area (Å²) >= 11 is 0. The van der Waals surface area contributed by atoms with E-state index in [2.05, 4.69) is 10.6 Å². The van der Waals surface area contributed by atoms with Gasteiger partial charge in [-0.3, -0.25) is 0 Å². The number of ether oxygens (including phenoxy) is 1. The highest BCUT2D eigenvalue weighted by molar-refractivity contribution is 5.90. The first-order valence-electron chi connectivity index (χ1n) is 7.78. The largest absolute Gasteiger partial charge is 0.456 e. The van der Waals surface area contributed by atoms with Gasteiger partial charge in [-0.25, -0.2) is 4.79 Å². The Morgan fingerprint density at radius 1 is 1.36 bits per heavy atom. The number of β-amino-alcohol motifs (C(OH)–C–C–N with tert-alkyl or cyclic N) is 1. The van der Waals surface area contributed by atoms with Crippen LogP contribution in [-0.4, -0.2) is 41.9 Å². The second-order valence-corrected chi connectivity index (χ2v) is 6.91. The van der Waals surface area contributed by atoms with E-state index in [4.69, 9.17) is 4.74 Å². The Kier molecular flexibility index (Phi) is 5.08. The van der Waals surface area contributed by atoms with Gasteiger partial charge < -0.3 is 20.5 Å². The van der Waals surface area contributed by atoms with Crippen molar-refractivity contribution >= 4 is 11.7 Å². The molecule has 122 valence electrons. The monoisotopic (exact) mass is 306 g/mol. The molecule has 1 atom stereocenters. The summed E-state index contributed by atoms with van der Waals surface area (Å²) < 4.78 is 5.33. The zero-order valence-corrected chi connectivity index (χ0v) is 13.6. The van der Waals surface area contributed by atoms with Crippen LogP contribution in [0.2, 0.25) is 0 Å². The van der Waals surface area contributed by atoms with Crippen LogP contribution in [0.3, 0.4) is 0 Å². The molecule has 1 heterocycles. The van der Waals surface area contributed by atoms with Gasteiger partial charge in [0.2, 0.25) is 0 Å². The summed E-state index contributed by atoms with van der Waals surface area (Å²) in [4.78, 5) is 11.9. The fourth-order valence-corrected chi connectivity index (χ4v) is 2.44. The first-order valence-corrected chi connectivity index (χ1v) is 7.78. The van der Waals surface area contributed by atoms with Crippen LogP contribution in [0.25, 0.3) is 0 Å². The van der Waals surface area contributed by atoms with Crippen LogP contribution in [0.4, 0.5) is 5.69 Å². The second-order valence-electron chi connectivity index (χ2n) is 6.91. The number of hydrogen-bond acceptors (Lipinski definition) is 5.